The lowest BCUT2D eigenvalue weighted by Crippen LogP contribution is -2.60. The molecule has 0 aliphatic carbocycles. The van der Waals surface area contributed by atoms with Crippen molar-refractivity contribution in [3.8, 4) is 21.4 Å². The van der Waals surface area contributed by atoms with Gasteiger partial charge in [-0.05, 0) is 111 Å². The van der Waals surface area contributed by atoms with Gasteiger partial charge in [-0.15, -0.1) is 20.4 Å². The van der Waals surface area contributed by atoms with E-state index in [1.807, 2.05) is 46.1 Å². The highest BCUT2D eigenvalue weighted by Gasteiger charge is 2.63. The average molecular weight is 1270 g/mol. The molecule has 4 aromatic heterocycles. The number of benzene rings is 1. The number of esters is 2. The molecule has 5 aromatic rings. The molecule has 3 aliphatic rings. The van der Waals surface area contributed by atoms with E-state index in [1.54, 1.807) is 86.2 Å². The summed E-state index contributed by atoms with van der Waals surface area (Å²) in [6.45, 7) is 17.4. The molecule has 0 bridgehead atoms. The average Bonchev–Trinajstić information content (AvgIpc) is 1.67. The maximum Gasteiger partial charge on any atom is 0.317 e. The van der Waals surface area contributed by atoms with Crippen LogP contribution in [-0.4, -0.2) is 160 Å². The van der Waals surface area contributed by atoms with Gasteiger partial charge in [0, 0.05) is 68.5 Å². The lowest BCUT2D eigenvalue weighted by atomic mass is 9.67. The third-order valence-corrected chi connectivity index (χ3v) is 20.0. The number of oxime groups is 1. The standard InChI is InChI=1S/C43H66N6O11S.C15H12N4O5S2/c1-14-29-43(9)31(30(40(53)59-43)36(44)48-60-26(7)37-46-47-38(61-37)27-17-15-16-18-45-27)23(4)32(50)21(2)20-42(8,55-13)35(24(5)33(51)25(6)39(52)57-29)58-41-34(54-12)28(49(10)11)19-22(3)56-41;1-10(14-17-18-15(25-14)13-4-2-3-9-16-13)24-26(22,23)12-7-5-11(6-8-12)19(20)21/h15-18,21-26,28-31,33-35,41,51H,14,19-20H2,1-13H3,(H2,44,48);2-10H,1H3/t21-,22-,23-,24+,25-,26+,28+,29+,30-,31+,33-,34-,35-,41+,42-,43-;10-/m11/s1. The predicted molar refractivity (Wildman–Crippen MR) is 319 cm³/mol. The van der Waals surface area contributed by atoms with Gasteiger partial charge in [-0.25, -0.2) is 0 Å². The zero-order chi connectivity index (χ0) is 63.9. The number of ether oxygens (including phenoxy) is 6. The van der Waals surface area contributed by atoms with E-state index in [4.69, 9.17) is 43.2 Å². The van der Waals surface area contributed by atoms with Crippen LogP contribution in [0.3, 0.4) is 0 Å². The van der Waals surface area contributed by atoms with Crippen molar-refractivity contribution in [3.63, 3.8) is 0 Å². The molecule has 3 N–H and O–H groups in total. The lowest BCUT2D eigenvalue weighted by molar-refractivity contribution is -0.384. The third-order valence-electron chi connectivity index (χ3n) is 16.4. The fourth-order valence-corrected chi connectivity index (χ4v) is 14.3. The number of fused-ring (bicyclic) bond motifs is 1. The van der Waals surface area contributed by atoms with Crippen molar-refractivity contribution in [2.75, 3.05) is 28.3 Å². The Morgan fingerprint density at radius 3 is 1.99 bits per heavy atom. The Morgan fingerprint density at radius 1 is 0.885 bits per heavy atom. The van der Waals surface area contributed by atoms with Gasteiger partial charge in [-0.3, -0.25) is 38.6 Å². The van der Waals surface area contributed by atoms with Crippen molar-refractivity contribution in [1.29, 1.82) is 0 Å². The molecule has 17 atom stereocenters. The van der Waals surface area contributed by atoms with Gasteiger partial charge < -0.3 is 49.0 Å². The van der Waals surface area contributed by atoms with Crippen LogP contribution in [0.5, 0.6) is 0 Å². The van der Waals surface area contributed by atoms with Crippen molar-refractivity contribution in [2.24, 2.45) is 46.4 Å². The summed E-state index contributed by atoms with van der Waals surface area (Å²) in [5.41, 5.74) is 4.95. The number of hydrogen-bond donors (Lipinski definition) is 2. The third kappa shape index (κ3) is 15.4. The molecular formula is C58H78N10O16S3. The number of aliphatic hydroxyl groups is 1. The second-order valence-corrected chi connectivity index (χ2v) is 26.4. The molecule has 0 radical (unpaired) electrons. The minimum atomic E-state index is -4.10. The number of ketones is 1. The molecule has 0 spiro atoms. The Morgan fingerprint density at radius 2 is 1.47 bits per heavy atom. The predicted octanol–water partition coefficient (Wildman–Crippen LogP) is 7.54. The maximum atomic E-state index is 14.9. The number of carbonyl (C=O) groups excluding carboxylic acids is 3. The van der Waals surface area contributed by atoms with Gasteiger partial charge in [-0.1, -0.05) is 67.7 Å². The van der Waals surface area contributed by atoms with Crippen molar-refractivity contribution < 1.29 is 70.3 Å². The molecule has 0 saturated carbocycles. The summed E-state index contributed by atoms with van der Waals surface area (Å²) in [5.74, 6) is -7.49. The van der Waals surface area contributed by atoms with Gasteiger partial charge in [0.25, 0.3) is 15.8 Å². The van der Waals surface area contributed by atoms with Crippen LogP contribution >= 0.6 is 22.7 Å². The number of amidine groups is 1. The molecule has 87 heavy (non-hydrogen) atoms. The van der Waals surface area contributed by atoms with E-state index in [2.05, 4.69) is 40.4 Å². The zero-order valence-corrected chi connectivity index (χ0v) is 53.6. The molecule has 7 heterocycles. The summed E-state index contributed by atoms with van der Waals surface area (Å²) < 4.78 is 67.6. The number of nitrogens with zero attached hydrogens (tertiary/aromatic N) is 9. The van der Waals surface area contributed by atoms with Crippen LogP contribution in [0.2, 0.25) is 0 Å². The van der Waals surface area contributed by atoms with E-state index < -0.39 is 117 Å². The normalized spacial score (nSPS) is 30.9. The molecule has 3 saturated heterocycles. The Bertz CT molecular complexity index is 3290. The van der Waals surface area contributed by atoms with E-state index in [9.17, 15) is 38.0 Å². The molecule has 26 nitrogen and oxygen atoms in total. The van der Waals surface area contributed by atoms with Crippen LogP contribution in [0, 0.1) is 45.6 Å². The smallest absolute Gasteiger partial charge is 0.317 e. The van der Waals surface area contributed by atoms with Crippen LogP contribution in [0.1, 0.15) is 111 Å². The number of methoxy groups -OCH3 is 2. The van der Waals surface area contributed by atoms with Crippen LogP contribution in [0.15, 0.2) is 83.1 Å². The van der Waals surface area contributed by atoms with E-state index in [1.165, 1.54) is 36.7 Å². The number of cyclic esters (lactones) is 1. The highest BCUT2D eigenvalue weighted by Crippen LogP contribution is 2.49. The number of pyridine rings is 2. The summed E-state index contributed by atoms with van der Waals surface area (Å²) in [6, 6.07) is 15.2. The zero-order valence-electron chi connectivity index (χ0n) is 51.1. The molecule has 0 amide bonds. The number of aromatic nitrogens is 6. The quantitative estimate of drug-likeness (QED) is 0.0227. The largest absolute Gasteiger partial charge is 0.458 e. The van der Waals surface area contributed by atoms with Crippen LogP contribution in [-0.2, 0) is 61.9 Å². The topological polar surface area (TPSA) is 342 Å². The molecule has 0 unspecified atom stereocenters. The second-order valence-electron chi connectivity index (χ2n) is 22.8. The number of Topliss-reactive ketones (excluding diaryl/α,β-unsaturated/α-hetero) is 1. The van der Waals surface area contributed by atoms with E-state index in [0.29, 0.717) is 37.8 Å². The molecular weight excluding hydrogens is 1190 g/mol. The minimum Gasteiger partial charge on any atom is -0.458 e. The van der Waals surface area contributed by atoms with Crippen molar-refractivity contribution in [3.05, 3.63) is 93.2 Å². The molecule has 3 aliphatic heterocycles. The van der Waals surface area contributed by atoms with Crippen molar-refractivity contribution in [1.82, 2.24) is 35.3 Å². The monoisotopic (exact) mass is 1270 g/mol. The Balaban J connectivity index is 0.000000344. The first-order valence-corrected chi connectivity index (χ1v) is 31.5. The minimum absolute atomic E-state index is 0.0508. The number of nitro benzene ring substituents is 1. The Labute approximate surface area is 514 Å². The van der Waals surface area contributed by atoms with Crippen molar-refractivity contribution in [2.45, 2.75) is 160 Å². The highest BCUT2D eigenvalue weighted by atomic mass is 32.2. The molecule has 1 aromatic carbocycles. The second kappa shape index (κ2) is 28.8. The van der Waals surface area contributed by atoms with Gasteiger partial charge in [-0.2, -0.15) is 8.42 Å². The number of likely N-dealkylation sites (N-methyl/N-ethyl adjacent to an activating group) is 1. The number of hydrogen-bond acceptors (Lipinski definition) is 26. The van der Waals surface area contributed by atoms with Crippen molar-refractivity contribution >= 4 is 62.0 Å². The van der Waals surface area contributed by atoms with Gasteiger partial charge in [0.15, 0.2) is 38.9 Å². The van der Waals surface area contributed by atoms with E-state index in [0.717, 1.165) is 24.3 Å². The summed E-state index contributed by atoms with van der Waals surface area (Å²) >= 11 is 2.45. The molecule has 29 heteroatoms. The number of non-ortho nitro benzene ring substituents is 1. The van der Waals surface area contributed by atoms with Crippen LogP contribution in [0.4, 0.5) is 5.69 Å². The number of aliphatic hydroxyl groups excluding tert-OH is 1. The summed E-state index contributed by atoms with van der Waals surface area (Å²) in [4.78, 5) is 69.3. The summed E-state index contributed by atoms with van der Waals surface area (Å²) in [6.07, 6.45) is -2.08. The number of nitrogens with two attached hydrogens (primary N) is 1. The summed E-state index contributed by atoms with van der Waals surface area (Å²) in [5, 5.41) is 45.3. The first-order chi connectivity index (χ1) is 41.1. The highest BCUT2D eigenvalue weighted by molar-refractivity contribution is 7.86. The fraction of sp³-hybridized carbons (Fsp3) is 0.586. The number of nitro groups is 1. The number of rotatable bonds is 17. The SMILES string of the molecule is CC[C@@H]1OC(=O)[C@H](C)[C@H](O)[C@H](C)[C@@H](O[C@@H]2O[C@H](C)C[C@H](N(C)C)[C@H]2OC)[C@](C)(OC)C[C@@H](C)C(=O)[C@H](C)[C@H]2[C@H](/C(N)=N/O[C@@H](C)c3nnc(-c4ccccn4)s3)C(=O)O[C@@]21C.C[C@@H](OS(=O)(=O)c1ccc([N+](=O)[O-])cc1)c1nnc(-c2ccccn2)s1. The maximum absolute atomic E-state index is 14.9. The van der Waals surface area contributed by atoms with Gasteiger partial charge in [0.2, 0.25) is 0 Å². The van der Waals surface area contributed by atoms with Gasteiger partial charge in [0.05, 0.1) is 39.6 Å². The molecule has 8 rings (SSSR count). The lowest BCUT2D eigenvalue weighted by Gasteiger charge is -2.48. The Hall–Kier alpha value is -6.41. The van der Waals surface area contributed by atoms with E-state index >= 15 is 0 Å². The Kier molecular flexibility index (Phi) is 22.6. The van der Waals surface area contributed by atoms with Gasteiger partial charge >= 0.3 is 11.9 Å². The fourth-order valence-electron chi connectivity index (χ4n) is 11.6. The molecule has 3 fully saturated rings. The van der Waals surface area contributed by atoms with Gasteiger partial charge in [0.1, 0.15) is 46.4 Å². The van der Waals surface area contributed by atoms with Crippen LogP contribution in [0.25, 0.3) is 21.4 Å². The van der Waals surface area contributed by atoms with Crippen LogP contribution < -0.4 is 5.73 Å². The van der Waals surface area contributed by atoms with E-state index in [-0.39, 0.29) is 47.2 Å². The first kappa shape index (κ1) is 68.1. The number of carbonyl (C=O) groups is 3. The summed E-state index contributed by atoms with van der Waals surface area (Å²) in [7, 11) is 2.96. The molecule has 474 valence electrons. The first-order valence-electron chi connectivity index (χ1n) is 28.5.